The first-order valence-corrected chi connectivity index (χ1v) is 7.11. The van der Waals surface area contributed by atoms with E-state index in [2.05, 4.69) is 38.7 Å². The lowest BCUT2D eigenvalue weighted by molar-refractivity contribution is 0.458. The van der Waals surface area contributed by atoms with Crippen LogP contribution in [0.3, 0.4) is 0 Å². The Morgan fingerprint density at radius 3 is 2.41 bits per heavy atom. The van der Waals surface area contributed by atoms with E-state index in [9.17, 15) is 5.11 Å². The first-order chi connectivity index (χ1) is 10.7. The Kier molecular flexibility index (Phi) is 2.56. The summed E-state index contributed by atoms with van der Waals surface area (Å²) in [7, 11) is 0. The summed E-state index contributed by atoms with van der Waals surface area (Å²) in [6, 6.07) is 3.83. The molecular weight excluding hydrogens is 276 g/mol. The van der Waals surface area contributed by atoms with Crippen LogP contribution < -0.4 is 0 Å². The average molecular weight is 292 g/mol. The van der Waals surface area contributed by atoms with Gasteiger partial charge in [-0.1, -0.05) is 30.9 Å². The third-order valence-corrected chi connectivity index (χ3v) is 3.94. The zero-order chi connectivity index (χ0) is 15.3. The molecule has 0 saturated carbocycles. The number of allylic oxidation sites excluding steroid dienone is 5. The van der Waals surface area contributed by atoms with Gasteiger partial charge in [-0.15, -0.1) is 0 Å². The van der Waals surface area contributed by atoms with Crippen molar-refractivity contribution >= 4 is 38.7 Å². The molecule has 0 fully saturated rings. The van der Waals surface area contributed by atoms with E-state index in [1.54, 1.807) is 12.1 Å². The molecule has 4 rings (SSSR count). The molecule has 0 amide bonds. The molecule has 0 aliphatic heterocycles. The largest absolute Gasteiger partial charge is 0.495 e. The minimum atomic E-state index is 0.160. The maximum absolute atomic E-state index is 9.54. The Labute approximate surface area is 126 Å². The lowest BCUT2D eigenvalue weighted by Crippen LogP contribution is -1.80. The third-order valence-electron chi connectivity index (χ3n) is 3.94. The molecule has 0 atom stereocenters. The smallest absolute Gasteiger partial charge is 0.190 e. The zero-order valence-electron chi connectivity index (χ0n) is 12.1. The number of aromatic nitrogens is 4. The van der Waals surface area contributed by atoms with E-state index >= 15 is 0 Å². The lowest BCUT2D eigenvalue weighted by Gasteiger charge is -1.96. The van der Waals surface area contributed by atoms with Crippen molar-refractivity contribution in [1.82, 2.24) is 19.9 Å². The Bertz CT molecular complexity index is 1060. The van der Waals surface area contributed by atoms with Gasteiger partial charge in [-0.25, -0.2) is 0 Å². The van der Waals surface area contributed by atoms with Crippen molar-refractivity contribution in [2.45, 2.75) is 6.92 Å². The molecule has 0 radical (unpaired) electrons. The first-order valence-electron chi connectivity index (χ1n) is 7.11. The number of aromatic amines is 4. The zero-order valence-corrected chi connectivity index (χ0v) is 12.1. The fourth-order valence-corrected chi connectivity index (χ4v) is 2.93. The standard InChI is InChI=1S/C17H16N4O/c1-3-5-6-9(4-2)12-7-10-14-15(20-16(10)18-12)11-8-13(22)19-17(11)21-14/h3-8,18-22H,1H2,2H3/b6-5-,9-4+. The number of rotatable bonds is 3. The quantitative estimate of drug-likeness (QED) is 0.358. The number of hydrogen-bond donors (Lipinski definition) is 5. The highest BCUT2D eigenvalue weighted by Crippen LogP contribution is 2.34. The van der Waals surface area contributed by atoms with Crippen LogP contribution in [0.4, 0.5) is 0 Å². The normalized spacial score (nSPS) is 13.2. The summed E-state index contributed by atoms with van der Waals surface area (Å²) < 4.78 is 0. The summed E-state index contributed by atoms with van der Waals surface area (Å²) >= 11 is 0. The Hall–Kier alpha value is -3.08. The van der Waals surface area contributed by atoms with Crippen LogP contribution in [-0.2, 0) is 0 Å². The number of nitrogens with one attached hydrogen (secondary N) is 4. The molecule has 4 aromatic rings. The second kappa shape index (κ2) is 4.46. The second-order valence-electron chi connectivity index (χ2n) is 5.25. The Balaban J connectivity index is 1.92. The van der Waals surface area contributed by atoms with Crippen molar-refractivity contribution in [3.05, 3.63) is 48.7 Å². The van der Waals surface area contributed by atoms with Gasteiger partial charge >= 0.3 is 0 Å². The van der Waals surface area contributed by atoms with E-state index in [4.69, 9.17) is 0 Å². The summed E-state index contributed by atoms with van der Waals surface area (Å²) in [5.74, 6) is 0.160. The van der Waals surface area contributed by atoms with Crippen molar-refractivity contribution in [3.8, 4) is 5.88 Å². The van der Waals surface area contributed by atoms with E-state index in [0.29, 0.717) is 0 Å². The highest BCUT2D eigenvalue weighted by Gasteiger charge is 2.15. The maximum atomic E-state index is 9.54. The van der Waals surface area contributed by atoms with Crippen LogP contribution in [0.1, 0.15) is 12.6 Å². The summed E-state index contributed by atoms with van der Waals surface area (Å²) in [4.78, 5) is 13.0. The number of fused-ring (bicyclic) bond motifs is 5. The fourth-order valence-electron chi connectivity index (χ4n) is 2.93. The molecule has 110 valence electrons. The molecule has 0 aliphatic rings. The van der Waals surface area contributed by atoms with Gasteiger partial charge in [0.15, 0.2) is 5.88 Å². The Morgan fingerprint density at radius 1 is 1.05 bits per heavy atom. The van der Waals surface area contributed by atoms with Crippen LogP contribution in [0.5, 0.6) is 5.88 Å². The SMILES string of the molecule is C=C/C=C\C(=C/C)c1cc2c([nH]1)[nH]c1c3cc(O)[nH]c3[nH]c21. The van der Waals surface area contributed by atoms with Gasteiger partial charge in [0.05, 0.1) is 11.0 Å². The topological polar surface area (TPSA) is 83.4 Å². The van der Waals surface area contributed by atoms with Crippen LogP contribution >= 0.6 is 0 Å². The number of aromatic hydroxyl groups is 1. The molecular formula is C17H16N4O. The van der Waals surface area contributed by atoms with Gasteiger partial charge in [0.2, 0.25) is 0 Å². The van der Waals surface area contributed by atoms with Gasteiger partial charge in [-0.05, 0) is 18.6 Å². The van der Waals surface area contributed by atoms with Gasteiger partial charge in [-0.3, -0.25) is 0 Å². The van der Waals surface area contributed by atoms with E-state index in [1.165, 1.54) is 0 Å². The monoisotopic (exact) mass is 292 g/mol. The van der Waals surface area contributed by atoms with Crippen LogP contribution in [0, 0.1) is 0 Å². The Morgan fingerprint density at radius 2 is 1.73 bits per heavy atom. The first kappa shape index (κ1) is 12.6. The summed E-state index contributed by atoms with van der Waals surface area (Å²) in [6.45, 7) is 5.71. The van der Waals surface area contributed by atoms with Crippen molar-refractivity contribution in [2.24, 2.45) is 0 Å². The van der Waals surface area contributed by atoms with Crippen LogP contribution in [0.15, 0.2) is 43.0 Å². The minimum absolute atomic E-state index is 0.160. The summed E-state index contributed by atoms with van der Waals surface area (Å²) in [5.41, 5.74) is 5.95. The molecule has 5 heteroatoms. The number of hydrogen-bond acceptors (Lipinski definition) is 1. The van der Waals surface area contributed by atoms with E-state index < -0.39 is 0 Å². The number of H-pyrrole nitrogens is 4. The molecule has 0 unspecified atom stereocenters. The highest BCUT2D eigenvalue weighted by atomic mass is 16.3. The summed E-state index contributed by atoms with van der Waals surface area (Å²) in [5, 5.41) is 11.6. The molecule has 4 aromatic heterocycles. The second-order valence-corrected chi connectivity index (χ2v) is 5.25. The lowest BCUT2D eigenvalue weighted by atomic mass is 10.1. The summed E-state index contributed by atoms with van der Waals surface area (Å²) in [6.07, 6.45) is 7.75. The van der Waals surface area contributed by atoms with Gasteiger partial charge in [0.1, 0.15) is 11.3 Å². The van der Waals surface area contributed by atoms with Gasteiger partial charge in [0, 0.05) is 22.5 Å². The molecule has 0 aliphatic carbocycles. The molecule has 0 aromatic carbocycles. The molecule has 22 heavy (non-hydrogen) atoms. The minimum Gasteiger partial charge on any atom is -0.495 e. The third kappa shape index (κ3) is 1.65. The van der Waals surface area contributed by atoms with Crippen LogP contribution in [0.2, 0.25) is 0 Å². The van der Waals surface area contributed by atoms with Crippen LogP contribution in [-0.4, -0.2) is 25.0 Å². The fraction of sp³-hybridized carbons (Fsp3) is 0.0588. The van der Waals surface area contributed by atoms with Crippen molar-refractivity contribution in [2.75, 3.05) is 0 Å². The molecule has 0 bridgehead atoms. The molecule has 0 spiro atoms. The van der Waals surface area contributed by atoms with E-state index in [1.807, 2.05) is 19.1 Å². The van der Waals surface area contributed by atoms with Crippen molar-refractivity contribution < 1.29 is 5.11 Å². The van der Waals surface area contributed by atoms with Gasteiger partial charge < -0.3 is 25.0 Å². The predicted octanol–water partition coefficient (Wildman–Crippen LogP) is 4.31. The van der Waals surface area contributed by atoms with Gasteiger partial charge in [-0.2, -0.15) is 0 Å². The maximum Gasteiger partial charge on any atom is 0.190 e. The molecule has 4 heterocycles. The predicted molar refractivity (Wildman–Crippen MR) is 91.0 cm³/mol. The average Bonchev–Trinajstić information content (AvgIpc) is 3.18. The molecule has 5 nitrogen and oxygen atoms in total. The van der Waals surface area contributed by atoms with Crippen LogP contribution in [0.25, 0.3) is 38.7 Å². The molecule has 0 saturated heterocycles. The van der Waals surface area contributed by atoms with E-state index in [-0.39, 0.29) is 5.88 Å². The van der Waals surface area contributed by atoms with Crippen molar-refractivity contribution in [1.29, 1.82) is 0 Å². The van der Waals surface area contributed by atoms with Crippen molar-refractivity contribution in [3.63, 3.8) is 0 Å². The van der Waals surface area contributed by atoms with E-state index in [0.717, 1.165) is 44.4 Å². The van der Waals surface area contributed by atoms with Gasteiger partial charge in [0.25, 0.3) is 0 Å². The molecule has 5 N–H and O–H groups in total. The highest BCUT2D eigenvalue weighted by molar-refractivity contribution is 6.16.